The predicted molar refractivity (Wildman–Crippen MR) is 87.5 cm³/mol. The fourth-order valence-electron chi connectivity index (χ4n) is 3.04. The second kappa shape index (κ2) is 7.01. The molecule has 114 valence electrons. The van der Waals surface area contributed by atoms with Crippen LogP contribution in [0.3, 0.4) is 0 Å². The molecule has 1 N–H and O–H groups in total. The summed E-state index contributed by atoms with van der Waals surface area (Å²) < 4.78 is 0. The van der Waals surface area contributed by atoms with Gasteiger partial charge in [0, 0.05) is 18.0 Å². The highest BCUT2D eigenvalue weighted by Crippen LogP contribution is 2.36. The van der Waals surface area contributed by atoms with Crippen molar-refractivity contribution in [1.82, 2.24) is 15.2 Å². The molecular formula is C16H29N3S. The van der Waals surface area contributed by atoms with Gasteiger partial charge in [-0.3, -0.25) is 0 Å². The van der Waals surface area contributed by atoms with E-state index >= 15 is 0 Å². The molecule has 1 fully saturated rings. The third-order valence-electron chi connectivity index (χ3n) is 4.51. The summed E-state index contributed by atoms with van der Waals surface area (Å²) in [6.45, 7) is 13.6. The quantitative estimate of drug-likeness (QED) is 0.872. The molecular weight excluding hydrogens is 266 g/mol. The average molecular weight is 295 g/mol. The zero-order chi connectivity index (χ0) is 14.6. The third-order valence-corrected chi connectivity index (χ3v) is 5.72. The van der Waals surface area contributed by atoms with E-state index in [9.17, 15) is 0 Å². The first kappa shape index (κ1) is 15.9. The summed E-state index contributed by atoms with van der Waals surface area (Å²) >= 11 is 1.91. The SMILES string of the molecule is CCCNC1(c2nc(CC)c(C)s2)CCN(CC)CC1. The number of hydrogen-bond acceptors (Lipinski definition) is 4. The zero-order valence-corrected chi connectivity index (χ0v) is 14.3. The molecule has 0 radical (unpaired) electrons. The van der Waals surface area contributed by atoms with Crippen LogP contribution in [0, 0.1) is 6.92 Å². The Morgan fingerprint density at radius 2 is 1.95 bits per heavy atom. The van der Waals surface area contributed by atoms with E-state index in [1.54, 1.807) is 0 Å². The van der Waals surface area contributed by atoms with Crippen molar-refractivity contribution in [3.05, 3.63) is 15.6 Å². The molecule has 0 aliphatic carbocycles. The number of nitrogens with zero attached hydrogens (tertiary/aromatic N) is 2. The van der Waals surface area contributed by atoms with Crippen molar-refractivity contribution in [3.8, 4) is 0 Å². The van der Waals surface area contributed by atoms with E-state index in [0.29, 0.717) is 0 Å². The fraction of sp³-hybridized carbons (Fsp3) is 0.812. The van der Waals surface area contributed by atoms with Gasteiger partial charge in [-0.15, -0.1) is 11.3 Å². The van der Waals surface area contributed by atoms with Crippen molar-refractivity contribution in [1.29, 1.82) is 0 Å². The van der Waals surface area contributed by atoms with Gasteiger partial charge >= 0.3 is 0 Å². The Balaban J connectivity index is 2.22. The first-order valence-electron chi connectivity index (χ1n) is 8.09. The fourth-order valence-corrected chi connectivity index (χ4v) is 4.27. The van der Waals surface area contributed by atoms with Gasteiger partial charge in [0.1, 0.15) is 5.01 Å². The van der Waals surface area contributed by atoms with Crippen molar-refractivity contribution in [2.75, 3.05) is 26.2 Å². The van der Waals surface area contributed by atoms with Crippen LogP contribution in [-0.2, 0) is 12.0 Å². The first-order chi connectivity index (χ1) is 9.65. The van der Waals surface area contributed by atoms with Crippen LogP contribution in [0.2, 0.25) is 0 Å². The predicted octanol–water partition coefficient (Wildman–Crippen LogP) is 3.32. The molecule has 0 amide bonds. The zero-order valence-electron chi connectivity index (χ0n) is 13.5. The molecule has 3 nitrogen and oxygen atoms in total. The van der Waals surface area contributed by atoms with Gasteiger partial charge in [0.25, 0.3) is 0 Å². The number of likely N-dealkylation sites (tertiary alicyclic amines) is 1. The Bertz CT molecular complexity index is 419. The van der Waals surface area contributed by atoms with E-state index in [0.717, 1.165) is 13.0 Å². The summed E-state index contributed by atoms with van der Waals surface area (Å²) in [5.41, 5.74) is 1.42. The monoisotopic (exact) mass is 295 g/mol. The highest BCUT2D eigenvalue weighted by atomic mass is 32.1. The molecule has 0 saturated carbocycles. The van der Waals surface area contributed by atoms with Crippen molar-refractivity contribution >= 4 is 11.3 Å². The van der Waals surface area contributed by atoms with Gasteiger partial charge in [0.2, 0.25) is 0 Å². The highest BCUT2D eigenvalue weighted by molar-refractivity contribution is 7.11. The lowest BCUT2D eigenvalue weighted by molar-refractivity contribution is 0.139. The molecule has 1 aromatic rings. The van der Waals surface area contributed by atoms with Crippen molar-refractivity contribution in [2.45, 2.75) is 58.9 Å². The maximum atomic E-state index is 4.97. The normalized spacial score (nSPS) is 19.4. The molecule has 0 unspecified atom stereocenters. The lowest BCUT2D eigenvalue weighted by atomic mass is 9.87. The second-order valence-electron chi connectivity index (χ2n) is 5.82. The molecule has 0 bridgehead atoms. The van der Waals surface area contributed by atoms with Crippen LogP contribution in [-0.4, -0.2) is 36.1 Å². The minimum Gasteiger partial charge on any atom is -0.305 e. The van der Waals surface area contributed by atoms with Gasteiger partial charge < -0.3 is 10.2 Å². The number of hydrogen-bond donors (Lipinski definition) is 1. The summed E-state index contributed by atoms with van der Waals surface area (Å²) in [5.74, 6) is 0. The Kier molecular flexibility index (Phi) is 5.58. The van der Waals surface area contributed by atoms with Crippen molar-refractivity contribution in [3.63, 3.8) is 0 Å². The molecule has 20 heavy (non-hydrogen) atoms. The topological polar surface area (TPSA) is 28.2 Å². The van der Waals surface area contributed by atoms with E-state index in [1.165, 1.54) is 54.5 Å². The van der Waals surface area contributed by atoms with Gasteiger partial charge in [-0.2, -0.15) is 0 Å². The number of nitrogens with one attached hydrogen (secondary N) is 1. The maximum Gasteiger partial charge on any atom is 0.113 e. The van der Waals surface area contributed by atoms with E-state index in [-0.39, 0.29) is 5.54 Å². The second-order valence-corrected chi connectivity index (χ2v) is 7.02. The number of rotatable bonds is 6. The smallest absolute Gasteiger partial charge is 0.113 e. The van der Waals surface area contributed by atoms with Gasteiger partial charge in [0.15, 0.2) is 0 Å². The van der Waals surface area contributed by atoms with Crippen molar-refractivity contribution < 1.29 is 0 Å². The summed E-state index contributed by atoms with van der Waals surface area (Å²) in [6.07, 6.45) is 4.62. The van der Waals surface area contributed by atoms with Crippen LogP contribution in [0.4, 0.5) is 0 Å². The third kappa shape index (κ3) is 3.23. The Labute approximate surface area is 127 Å². The van der Waals surface area contributed by atoms with Crippen LogP contribution in [0.25, 0.3) is 0 Å². The standard InChI is InChI=1S/C16H29N3S/c1-5-10-17-16(8-11-19(7-3)12-9-16)15-18-14(6-2)13(4)20-15/h17H,5-12H2,1-4H3. The van der Waals surface area contributed by atoms with Crippen LogP contribution < -0.4 is 5.32 Å². The molecule has 1 aliphatic heterocycles. The molecule has 1 aromatic heterocycles. The molecule has 4 heteroatoms. The van der Waals surface area contributed by atoms with Crippen LogP contribution >= 0.6 is 11.3 Å². The molecule has 0 aromatic carbocycles. The largest absolute Gasteiger partial charge is 0.305 e. The van der Waals surface area contributed by atoms with Crippen LogP contribution in [0.15, 0.2) is 0 Å². The molecule has 2 heterocycles. The number of aryl methyl sites for hydroxylation is 2. The number of aromatic nitrogens is 1. The van der Waals surface area contributed by atoms with E-state index in [2.05, 4.69) is 37.9 Å². The van der Waals surface area contributed by atoms with Gasteiger partial charge in [0.05, 0.1) is 11.2 Å². The molecule has 2 rings (SSSR count). The first-order valence-corrected chi connectivity index (χ1v) is 8.91. The van der Waals surface area contributed by atoms with Crippen LogP contribution in [0.1, 0.15) is 55.6 Å². The van der Waals surface area contributed by atoms with Gasteiger partial charge in [-0.05, 0) is 45.7 Å². The molecule has 0 spiro atoms. The summed E-state index contributed by atoms with van der Waals surface area (Å²) in [4.78, 5) is 8.92. The number of thiazole rings is 1. The molecule has 0 atom stereocenters. The number of piperidine rings is 1. The Morgan fingerprint density at radius 3 is 2.45 bits per heavy atom. The van der Waals surface area contributed by atoms with E-state index in [4.69, 9.17) is 4.98 Å². The van der Waals surface area contributed by atoms with Gasteiger partial charge in [-0.1, -0.05) is 20.8 Å². The summed E-state index contributed by atoms with van der Waals surface area (Å²) in [6, 6.07) is 0. The van der Waals surface area contributed by atoms with E-state index < -0.39 is 0 Å². The minimum absolute atomic E-state index is 0.129. The highest BCUT2D eigenvalue weighted by Gasteiger charge is 2.38. The molecule has 1 aliphatic rings. The maximum absolute atomic E-state index is 4.97. The van der Waals surface area contributed by atoms with Crippen LogP contribution in [0.5, 0.6) is 0 Å². The molecule has 1 saturated heterocycles. The minimum atomic E-state index is 0.129. The Morgan fingerprint density at radius 1 is 1.25 bits per heavy atom. The summed E-state index contributed by atoms with van der Waals surface area (Å²) in [5, 5.41) is 5.16. The average Bonchev–Trinajstić information content (AvgIpc) is 2.87. The van der Waals surface area contributed by atoms with Crippen molar-refractivity contribution in [2.24, 2.45) is 0 Å². The lowest BCUT2D eigenvalue weighted by Gasteiger charge is -2.41. The Hall–Kier alpha value is -0.450. The van der Waals surface area contributed by atoms with Gasteiger partial charge in [-0.25, -0.2) is 4.98 Å². The van der Waals surface area contributed by atoms with E-state index in [1.807, 2.05) is 11.3 Å². The summed E-state index contributed by atoms with van der Waals surface area (Å²) in [7, 11) is 0. The lowest BCUT2D eigenvalue weighted by Crippen LogP contribution is -2.51.